The van der Waals surface area contributed by atoms with Gasteiger partial charge in [0.2, 0.25) is 6.29 Å². The molecule has 2 unspecified atom stereocenters. The van der Waals surface area contributed by atoms with Gasteiger partial charge in [-0.1, -0.05) is 66.7 Å². The summed E-state index contributed by atoms with van der Waals surface area (Å²) >= 11 is 0. The van der Waals surface area contributed by atoms with Crippen LogP contribution < -0.4 is 0 Å². The van der Waals surface area contributed by atoms with Gasteiger partial charge in [-0.2, -0.15) is 0 Å². The molecule has 0 heterocycles. The average Bonchev–Trinajstić information content (AvgIpc) is 2.48. The Morgan fingerprint density at radius 3 is 2.21 bits per heavy atom. The van der Waals surface area contributed by atoms with Crippen molar-refractivity contribution in [3.63, 3.8) is 0 Å². The average molecular weight is 337 g/mol. The largest absolute Gasteiger partial charge is 0.435 e. The maximum absolute atomic E-state index is 12.9. The Labute approximate surface area is 148 Å². The van der Waals surface area contributed by atoms with E-state index in [1.54, 1.807) is 0 Å². The molecule has 0 bridgehead atoms. The Balaban J connectivity index is 2.84. The van der Waals surface area contributed by atoms with Crippen LogP contribution in [0.15, 0.2) is 23.8 Å². The van der Waals surface area contributed by atoms with Crippen molar-refractivity contribution in [2.45, 2.75) is 80.9 Å². The third kappa shape index (κ3) is 5.20. The highest BCUT2D eigenvalue weighted by atomic mass is 16.7. The summed E-state index contributed by atoms with van der Waals surface area (Å²) in [5.41, 5.74) is 0.273. The van der Waals surface area contributed by atoms with Gasteiger partial charge in [0, 0.05) is 5.41 Å². The zero-order valence-corrected chi connectivity index (χ0v) is 16.9. The molecule has 0 saturated heterocycles. The molecular formula is C21H36O3. The summed E-state index contributed by atoms with van der Waals surface area (Å²) in [4.78, 5) is 12.9. The minimum absolute atomic E-state index is 0.169. The SMILES string of the molecule is CCC(C)(C(=O)OC(OCC1=CC=CCC1)C(C)(C)C)C(C)(C)C. The third-order valence-electron chi connectivity index (χ3n) is 5.25. The highest BCUT2D eigenvalue weighted by molar-refractivity contribution is 5.77. The highest BCUT2D eigenvalue weighted by Gasteiger charge is 2.46. The van der Waals surface area contributed by atoms with Crippen LogP contribution in [0.25, 0.3) is 0 Å². The molecule has 138 valence electrons. The van der Waals surface area contributed by atoms with E-state index in [0.717, 1.165) is 19.3 Å². The molecule has 1 aliphatic carbocycles. The first-order valence-electron chi connectivity index (χ1n) is 9.09. The first kappa shape index (κ1) is 21.0. The van der Waals surface area contributed by atoms with E-state index in [0.29, 0.717) is 6.61 Å². The predicted molar refractivity (Wildman–Crippen MR) is 99.6 cm³/mol. The standard InChI is InChI=1S/C21H36O3/c1-9-21(8,20(5,6)7)17(22)24-18(19(2,3)4)23-15-16-13-11-10-12-14-16/h10-11,13,18H,9,12,14-15H2,1-8H3. The van der Waals surface area contributed by atoms with Gasteiger partial charge in [0.05, 0.1) is 12.0 Å². The summed E-state index contributed by atoms with van der Waals surface area (Å²) in [6.07, 6.45) is 8.56. The number of carbonyl (C=O) groups is 1. The summed E-state index contributed by atoms with van der Waals surface area (Å²) in [7, 11) is 0. The molecule has 3 nitrogen and oxygen atoms in total. The van der Waals surface area contributed by atoms with Crippen molar-refractivity contribution in [1.29, 1.82) is 0 Å². The monoisotopic (exact) mass is 336 g/mol. The van der Waals surface area contributed by atoms with Crippen LogP contribution >= 0.6 is 0 Å². The highest BCUT2D eigenvalue weighted by Crippen LogP contribution is 2.43. The summed E-state index contributed by atoms with van der Waals surface area (Å²) in [6.45, 7) is 16.9. The van der Waals surface area contributed by atoms with Crippen molar-refractivity contribution in [2.75, 3.05) is 6.61 Å². The number of ether oxygens (including phenoxy) is 2. The molecule has 1 aliphatic rings. The summed E-state index contributed by atoms with van der Waals surface area (Å²) in [6, 6.07) is 0. The van der Waals surface area contributed by atoms with Gasteiger partial charge in [-0.15, -0.1) is 0 Å². The van der Waals surface area contributed by atoms with Gasteiger partial charge in [0.15, 0.2) is 0 Å². The quantitative estimate of drug-likeness (QED) is 0.464. The lowest BCUT2D eigenvalue weighted by atomic mass is 9.66. The molecule has 0 N–H and O–H groups in total. The van der Waals surface area contributed by atoms with Crippen LogP contribution in [0.1, 0.15) is 74.7 Å². The lowest BCUT2D eigenvalue weighted by molar-refractivity contribution is -0.215. The van der Waals surface area contributed by atoms with E-state index in [4.69, 9.17) is 9.47 Å². The van der Waals surface area contributed by atoms with Gasteiger partial charge < -0.3 is 9.47 Å². The van der Waals surface area contributed by atoms with E-state index in [1.807, 2.05) is 34.6 Å². The Hall–Kier alpha value is -1.09. The maximum atomic E-state index is 12.9. The fourth-order valence-electron chi connectivity index (χ4n) is 2.62. The van der Waals surface area contributed by atoms with Crippen LogP contribution in [0.2, 0.25) is 0 Å². The number of rotatable bonds is 6. The molecule has 0 aromatic rings. The summed E-state index contributed by atoms with van der Waals surface area (Å²) < 4.78 is 11.9. The molecule has 0 spiro atoms. The van der Waals surface area contributed by atoms with E-state index in [1.165, 1.54) is 5.57 Å². The molecule has 1 rings (SSSR count). The van der Waals surface area contributed by atoms with Crippen LogP contribution in [-0.4, -0.2) is 18.9 Å². The Morgan fingerprint density at radius 1 is 1.17 bits per heavy atom. The van der Waals surface area contributed by atoms with E-state index in [2.05, 4.69) is 39.0 Å². The van der Waals surface area contributed by atoms with Crippen LogP contribution in [0.3, 0.4) is 0 Å². The van der Waals surface area contributed by atoms with Crippen LogP contribution in [0.4, 0.5) is 0 Å². The molecule has 0 amide bonds. The fourth-order valence-corrected chi connectivity index (χ4v) is 2.62. The Kier molecular flexibility index (Phi) is 6.86. The van der Waals surface area contributed by atoms with E-state index < -0.39 is 11.7 Å². The number of carbonyl (C=O) groups excluding carboxylic acids is 1. The van der Waals surface area contributed by atoms with Crippen LogP contribution in [0, 0.1) is 16.2 Å². The van der Waals surface area contributed by atoms with Crippen LogP contribution in [-0.2, 0) is 14.3 Å². The molecule has 0 aliphatic heterocycles. The van der Waals surface area contributed by atoms with Gasteiger partial charge >= 0.3 is 5.97 Å². The van der Waals surface area contributed by atoms with Crippen molar-refractivity contribution >= 4 is 5.97 Å². The van der Waals surface area contributed by atoms with Crippen molar-refractivity contribution in [2.24, 2.45) is 16.2 Å². The lowest BCUT2D eigenvalue weighted by Gasteiger charge is -2.41. The molecule has 3 heteroatoms. The summed E-state index contributed by atoms with van der Waals surface area (Å²) in [5.74, 6) is -0.171. The molecule has 0 radical (unpaired) electrons. The minimum atomic E-state index is -0.551. The normalized spacial score (nSPS) is 19.4. The van der Waals surface area contributed by atoms with Crippen LogP contribution in [0.5, 0.6) is 0 Å². The Bertz CT molecular complexity index is 488. The number of esters is 1. The van der Waals surface area contributed by atoms with E-state index >= 15 is 0 Å². The molecule has 0 saturated carbocycles. The second-order valence-electron chi connectivity index (χ2n) is 9.14. The van der Waals surface area contributed by atoms with Gasteiger partial charge in [0.25, 0.3) is 0 Å². The molecule has 2 atom stereocenters. The van der Waals surface area contributed by atoms with Gasteiger partial charge in [-0.3, -0.25) is 4.79 Å². The molecule has 0 aromatic heterocycles. The number of hydrogen-bond donors (Lipinski definition) is 0. The Morgan fingerprint density at radius 2 is 1.79 bits per heavy atom. The smallest absolute Gasteiger partial charge is 0.314 e. The minimum Gasteiger partial charge on any atom is -0.435 e. The fraction of sp³-hybridized carbons (Fsp3) is 0.762. The van der Waals surface area contributed by atoms with Crippen molar-refractivity contribution in [1.82, 2.24) is 0 Å². The summed E-state index contributed by atoms with van der Waals surface area (Å²) in [5, 5.41) is 0. The zero-order valence-electron chi connectivity index (χ0n) is 16.9. The molecule has 0 fully saturated rings. The van der Waals surface area contributed by atoms with Crippen molar-refractivity contribution in [3.8, 4) is 0 Å². The zero-order chi connectivity index (χ0) is 18.6. The lowest BCUT2D eigenvalue weighted by Crippen LogP contribution is -2.45. The first-order chi connectivity index (χ1) is 10.9. The van der Waals surface area contributed by atoms with Gasteiger partial charge in [-0.05, 0) is 37.2 Å². The number of hydrogen-bond acceptors (Lipinski definition) is 3. The molecule has 24 heavy (non-hydrogen) atoms. The van der Waals surface area contributed by atoms with E-state index in [-0.39, 0.29) is 16.8 Å². The van der Waals surface area contributed by atoms with Gasteiger partial charge in [0.1, 0.15) is 0 Å². The van der Waals surface area contributed by atoms with Crippen molar-refractivity contribution in [3.05, 3.63) is 23.8 Å². The second kappa shape index (κ2) is 7.86. The number of allylic oxidation sites excluding steroid dienone is 3. The molecule has 0 aromatic carbocycles. The first-order valence-corrected chi connectivity index (χ1v) is 9.09. The van der Waals surface area contributed by atoms with Crippen molar-refractivity contribution < 1.29 is 14.3 Å². The van der Waals surface area contributed by atoms with Gasteiger partial charge in [-0.25, -0.2) is 0 Å². The maximum Gasteiger partial charge on any atom is 0.314 e. The molecular weight excluding hydrogens is 300 g/mol. The predicted octanol–water partition coefficient (Wildman–Crippen LogP) is 5.66. The van der Waals surface area contributed by atoms with E-state index in [9.17, 15) is 4.79 Å². The topological polar surface area (TPSA) is 35.5 Å². The second-order valence-corrected chi connectivity index (χ2v) is 9.14. The third-order valence-corrected chi connectivity index (χ3v) is 5.25.